The molecular weight excluding hydrogens is 176 g/mol. The van der Waals surface area contributed by atoms with Gasteiger partial charge >= 0.3 is 0 Å². The van der Waals surface area contributed by atoms with E-state index in [9.17, 15) is 0 Å². The van der Waals surface area contributed by atoms with Crippen molar-refractivity contribution in [3.05, 3.63) is 24.5 Å². The molecule has 0 amide bonds. The van der Waals surface area contributed by atoms with Crippen LogP contribution >= 0.6 is 0 Å². The molecule has 2 heteroatoms. The Balaban J connectivity index is 3.14. The second kappa shape index (κ2) is 12.2. The fourth-order valence-corrected chi connectivity index (χ4v) is 0.917. The van der Waals surface area contributed by atoms with Crippen LogP contribution in [0.2, 0.25) is 0 Å². The molecule has 0 fully saturated rings. The predicted molar refractivity (Wildman–Crippen MR) is 60.3 cm³/mol. The minimum absolute atomic E-state index is 0.632. The van der Waals surface area contributed by atoms with E-state index < -0.39 is 0 Å². The van der Waals surface area contributed by atoms with Crippen LogP contribution in [0.1, 0.15) is 33.1 Å². The van der Waals surface area contributed by atoms with E-state index in [1.807, 2.05) is 19.1 Å². The van der Waals surface area contributed by atoms with Crippen LogP contribution in [0, 0.1) is 0 Å². The fraction of sp³-hybridized carbons (Fsp3) is 0.667. The van der Waals surface area contributed by atoms with Crippen molar-refractivity contribution < 1.29 is 9.47 Å². The molecule has 2 nitrogen and oxygen atoms in total. The summed E-state index contributed by atoms with van der Waals surface area (Å²) >= 11 is 0. The highest BCUT2D eigenvalue weighted by molar-refractivity contribution is 4.99. The Labute approximate surface area is 87.6 Å². The van der Waals surface area contributed by atoms with Gasteiger partial charge < -0.3 is 9.47 Å². The molecule has 0 unspecified atom stereocenters. The molecule has 0 radical (unpaired) electrons. The molecule has 0 saturated heterocycles. The lowest BCUT2D eigenvalue weighted by Gasteiger charge is -1.99. The zero-order chi connectivity index (χ0) is 10.5. The second-order valence-electron chi connectivity index (χ2n) is 2.97. The first-order valence-corrected chi connectivity index (χ1v) is 5.42. The third-order valence-corrected chi connectivity index (χ3v) is 1.70. The third-order valence-electron chi connectivity index (χ3n) is 1.70. The van der Waals surface area contributed by atoms with Gasteiger partial charge in [0.15, 0.2) is 0 Å². The Hall–Kier alpha value is -0.760. The summed E-state index contributed by atoms with van der Waals surface area (Å²) in [6.07, 6.45) is 11.5. The molecule has 0 bridgehead atoms. The average molecular weight is 198 g/mol. The van der Waals surface area contributed by atoms with E-state index in [-0.39, 0.29) is 0 Å². The Morgan fingerprint density at radius 1 is 1.07 bits per heavy atom. The molecule has 0 heterocycles. The van der Waals surface area contributed by atoms with Crippen LogP contribution in [0.15, 0.2) is 24.5 Å². The van der Waals surface area contributed by atoms with Crippen LogP contribution in [0.5, 0.6) is 0 Å². The lowest BCUT2D eigenvalue weighted by molar-refractivity contribution is 0.0933. The van der Waals surface area contributed by atoms with Crippen LogP contribution in [0.3, 0.4) is 0 Å². The largest absolute Gasteiger partial charge is 0.499 e. The maximum Gasteiger partial charge on any atom is 0.111 e. The highest BCUT2D eigenvalue weighted by Gasteiger charge is 1.81. The van der Waals surface area contributed by atoms with Gasteiger partial charge in [0, 0.05) is 6.61 Å². The van der Waals surface area contributed by atoms with Crippen molar-refractivity contribution in [1.82, 2.24) is 0 Å². The van der Waals surface area contributed by atoms with Crippen molar-refractivity contribution in [2.24, 2.45) is 0 Å². The summed E-state index contributed by atoms with van der Waals surface area (Å²) in [7, 11) is 0. The molecule has 0 spiro atoms. The summed E-state index contributed by atoms with van der Waals surface area (Å²) in [6, 6.07) is 0. The number of unbranched alkanes of at least 4 members (excludes halogenated alkanes) is 2. The SMILES string of the molecule is CCCC/C=C\C=C\OCCOCC. The lowest BCUT2D eigenvalue weighted by atomic mass is 10.2. The average Bonchev–Trinajstić information content (AvgIpc) is 2.21. The monoisotopic (exact) mass is 198 g/mol. The zero-order valence-electron chi connectivity index (χ0n) is 9.37. The van der Waals surface area contributed by atoms with Gasteiger partial charge in [-0.15, -0.1) is 0 Å². The van der Waals surface area contributed by atoms with E-state index in [4.69, 9.17) is 9.47 Å². The highest BCUT2D eigenvalue weighted by atomic mass is 16.5. The van der Waals surface area contributed by atoms with Gasteiger partial charge in [-0.1, -0.05) is 31.9 Å². The summed E-state index contributed by atoms with van der Waals surface area (Å²) in [5.41, 5.74) is 0. The first kappa shape index (κ1) is 13.2. The third kappa shape index (κ3) is 11.2. The first-order valence-electron chi connectivity index (χ1n) is 5.42. The van der Waals surface area contributed by atoms with Gasteiger partial charge in [0.05, 0.1) is 12.9 Å². The maximum absolute atomic E-state index is 5.19. The predicted octanol–water partition coefficient (Wildman–Crippen LogP) is 3.30. The van der Waals surface area contributed by atoms with E-state index in [0.29, 0.717) is 13.2 Å². The molecule has 0 aliphatic carbocycles. The molecular formula is C12H22O2. The smallest absolute Gasteiger partial charge is 0.111 e. The first-order chi connectivity index (χ1) is 6.91. The Morgan fingerprint density at radius 3 is 2.64 bits per heavy atom. The topological polar surface area (TPSA) is 18.5 Å². The molecule has 0 rings (SSSR count). The van der Waals surface area contributed by atoms with Gasteiger partial charge in [0.1, 0.15) is 6.61 Å². The number of allylic oxidation sites excluding steroid dienone is 3. The summed E-state index contributed by atoms with van der Waals surface area (Å²) < 4.78 is 10.3. The van der Waals surface area contributed by atoms with E-state index >= 15 is 0 Å². The van der Waals surface area contributed by atoms with Crippen molar-refractivity contribution in [2.45, 2.75) is 33.1 Å². The molecule has 0 aromatic heterocycles. The van der Waals surface area contributed by atoms with E-state index in [2.05, 4.69) is 13.0 Å². The van der Waals surface area contributed by atoms with Crippen LogP contribution in [-0.2, 0) is 9.47 Å². The molecule has 14 heavy (non-hydrogen) atoms. The maximum atomic E-state index is 5.19. The number of hydrogen-bond acceptors (Lipinski definition) is 2. The fourth-order valence-electron chi connectivity index (χ4n) is 0.917. The van der Waals surface area contributed by atoms with Crippen LogP contribution < -0.4 is 0 Å². The molecule has 82 valence electrons. The van der Waals surface area contributed by atoms with Crippen molar-refractivity contribution in [1.29, 1.82) is 0 Å². The van der Waals surface area contributed by atoms with Gasteiger partial charge in [-0.05, 0) is 19.4 Å². The van der Waals surface area contributed by atoms with Gasteiger partial charge in [-0.25, -0.2) is 0 Å². The summed E-state index contributed by atoms with van der Waals surface area (Å²) in [4.78, 5) is 0. The normalized spacial score (nSPS) is 11.6. The van der Waals surface area contributed by atoms with Crippen molar-refractivity contribution in [3.63, 3.8) is 0 Å². The van der Waals surface area contributed by atoms with E-state index in [1.165, 1.54) is 12.8 Å². The Morgan fingerprint density at radius 2 is 1.93 bits per heavy atom. The molecule has 0 atom stereocenters. The summed E-state index contributed by atoms with van der Waals surface area (Å²) in [5.74, 6) is 0. The van der Waals surface area contributed by atoms with Gasteiger partial charge in [-0.2, -0.15) is 0 Å². The standard InChI is InChI=1S/C12H22O2/c1-3-5-6-7-8-9-10-14-12-11-13-4-2/h7-10H,3-6,11-12H2,1-2H3/b8-7-,10-9+. The molecule has 0 aromatic rings. The minimum Gasteiger partial charge on any atom is -0.499 e. The van der Waals surface area contributed by atoms with Crippen LogP contribution in [0.4, 0.5) is 0 Å². The van der Waals surface area contributed by atoms with Crippen LogP contribution in [-0.4, -0.2) is 19.8 Å². The Kier molecular flexibility index (Phi) is 11.6. The van der Waals surface area contributed by atoms with E-state index in [0.717, 1.165) is 13.0 Å². The number of hydrogen-bond donors (Lipinski definition) is 0. The van der Waals surface area contributed by atoms with Gasteiger partial charge in [-0.3, -0.25) is 0 Å². The highest BCUT2D eigenvalue weighted by Crippen LogP contribution is 1.94. The van der Waals surface area contributed by atoms with Crippen molar-refractivity contribution in [3.8, 4) is 0 Å². The van der Waals surface area contributed by atoms with Crippen molar-refractivity contribution >= 4 is 0 Å². The Bertz CT molecular complexity index is 150. The molecule has 0 aliphatic heterocycles. The summed E-state index contributed by atoms with van der Waals surface area (Å²) in [6.45, 7) is 6.23. The van der Waals surface area contributed by atoms with Gasteiger partial charge in [0.25, 0.3) is 0 Å². The zero-order valence-corrected chi connectivity index (χ0v) is 9.37. The number of rotatable bonds is 9. The lowest BCUT2D eigenvalue weighted by Crippen LogP contribution is -1.99. The second-order valence-corrected chi connectivity index (χ2v) is 2.97. The summed E-state index contributed by atoms with van der Waals surface area (Å²) in [5, 5.41) is 0. The van der Waals surface area contributed by atoms with Gasteiger partial charge in [0.2, 0.25) is 0 Å². The molecule has 0 N–H and O–H groups in total. The molecule has 0 aliphatic rings. The van der Waals surface area contributed by atoms with E-state index in [1.54, 1.807) is 6.26 Å². The number of ether oxygens (including phenoxy) is 2. The van der Waals surface area contributed by atoms with Crippen LogP contribution in [0.25, 0.3) is 0 Å². The van der Waals surface area contributed by atoms with Crippen molar-refractivity contribution in [2.75, 3.05) is 19.8 Å². The molecule has 0 aromatic carbocycles. The molecule has 0 saturated carbocycles. The minimum atomic E-state index is 0.632. The quantitative estimate of drug-likeness (QED) is 0.321.